The Kier molecular flexibility index (Phi) is 4.12. The molecule has 0 aromatic heterocycles. The molecular formula is C15H18F3NO3. The van der Waals surface area contributed by atoms with E-state index in [1.54, 1.807) is 20.8 Å². The third-order valence-electron chi connectivity index (χ3n) is 3.29. The quantitative estimate of drug-likeness (QED) is 0.864. The van der Waals surface area contributed by atoms with Crippen molar-refractivity contribution in [2.45, 2.75) is 45.0 Å². The van der Waals surface area contributed by atoms with Crippen LogP contribution in [0.15, 0.2) is 18.2 Å². The molecule has 0 radical (unpaired) electrons. The van der Waals surface area contributed by atoms with Gasteiger partial charge in [0.15, 0.2) is 0 Å². The van der Waals surface area contributed by atoms with E-state index in [0.717, 1.165) is 12.1 Å². The third-order valence-corrected chi connectivity index (χ3v) is 3.29. The van der Waals surface area contributed by atoms with Crippen molar-refractivity contribution in [3.8, 4) is 0 Å². The Morgan fingerprint density at radius 1 is 1.36 bits per heavy atom. The summed E-state index contributed by atoms with van der Waals surface area (Å²) in [6.45, 7) is 4.74. The Labute approximate surface area is 126 Å². The first-order valence-electron chi connectivity index (χ1n) is 6.86. The maximum atomic E-state index is 12.8. The Morgan fingerprint density at radius 3 is 2.50 bits per heavy atom. The number of carbonyl (C=O) groups is 1. The summed E-state index contributed by atoms with van der Waals surface area (Å²) in [5, 5.41) is 9.41. The minimum Gasteiger partial charge on any atom is -0.443 e. The van der Waals surface area contributed by atoms with Crippen molar-refractivity contribution < 1.29 is 27.8 Å². The highest BCUT2D eigenvalue weighted by Crippen LogP contribution is 2.38. The second kappa shape index (κ2) is 5.46. The molecule has 7 heteroatoms. The molecule has 1 atom stereocenters. The predicted molar refractivity (Wildman–Crippen MR) is 74.7 cm³/mol. The Hall–Kier alpha value is -1.76. The Bertz CT molecular complexity index is 578. The summed E-state index contributed by atoms with van der Waals surface area (Å²) in [7, 11) is 0. The monoisotopic (exact) mass is 317 g/mol. The normalized spacial score (nSPS) is 18.3. The molecule has 0 saturated heterocycles. The van der Waals surface area contributed by atoms with Crippen LogP contribution in [-0.4, -0.2) is 29.4 Å². The largest absolute Gasteiger partial charge is 0.443 e. The van der Waals surface area contributed by atoms with E-state index in [0.29, 0.717) is 11.3 Å². The van der Waals surface area contributed by atoms with E-state index < -0.39 is 29.5 Å². The summed E-state index contributed by atoms with van der Waals surface area (Å²) in [5.41, 5.74) is -0.777. The van der Waals surface area contributed by atoms with Gasteiger partial charge < -0.3 is 9.84 Å². The highest BCUT2D eigenvalue weighted by molar-refractivity contribution is 5.91. The van der Waals surface area contributed by atoms with Gasteiger partial charge in [-0.25, -0.2) is 4.79 Å². The third kappa shape index (κ3) is 3.35. The number of rotatable bonds is 1. The maximum Gasteiger partial charge on any atom is 0.416 e. The van der Waals surface area contributed by atoms with Crippen molar-refractivity contribution in [3.05, 3.63) is 29.3 Å². The SMILES string of the molecule is CC(C)(C)OC(=O)N1c2ccc(C(F)(F)F)cc2C[C@H]1CO. The fraction of sp³-hybridized carbons (Fsp3) is 0.533. The zero-order valence-electron chi connectivity index (χ0n) is 12.6. The van der Waals surface area contributed by atoms with Crippen LogP contribution in [0.4, 0.5) is 23.7 Å². The van der Waals surface area contributed by atoms with Crippen LogP contribution in [0.1, 0.15) is 31.9 Å². The van der Waals surface area contributed by atoms with Gasteiger partial charge >= 0.3 is 12.3 Å². The highest BCUT2D eigenvalue weighted by Gasteiger charge is 2.38. The van der Waals surface area contributed by atoms with E-state index in [4.69, 9.17) is 4.74 Å². The number of aliphatic hydroxyl groups is 1. The molecule has 0 spiro atoms. The molecule has 0 bridgehead atoms. The lowest BCUT2D eigenvalue weighted by molar-refractivity contribution is -0.137. The van der Waals surface area contributed by atoms with Gasteiger partial charge in [0.1, 0.15) is 5.60 Å². The minimum absolute atomic E-state index is 0.162. The fourth-order valence-corrected chi connectivity index (χ4v) is 2.41. The van der Waals surface area contributed by atoms with Crippen LogP contribution in [-0.2, 0) is 17.3 Å². The zero-order valence-corrected chi connectivity index (χ0v) is 12.6. The average molecular weight is 317 g/mol. The van der Waals surface area contributed by atoms with Gasteiger partial charge in [-0.05, 0) is 51.0 Å². The Balaban J connectivity index is 2.36. The van der Waals surface area contributed by atoms with Crippen LogP contribution in [0.2, 0.25) is 0 Å². The number of hydrogen-bond acceptors (Lipinski definition) is 3. The maximum absolute atomic E-state index is 12.8. The summed E-state index contributed by atoms with van der Waals surface area (Å²) < 4.78 is 43.5. The fourth-order valence-electron chi connectivity index (χ4n) is 2.41. The standard InChI is InChI=1S/C15H18F3NO3/c1-14(2,3)22-13(21)19-11(8-20)7-9-6-10(15(16,17)18)4-5-12(9)19/h4-6,11,20H,7-8H2,1-3H3/t11-/m0/s1. The Morgan fingerprint density at radius 2 is 2.00 bits per heavy atom. The first-order valence-corrected chi connectivity index (χ1v) is 6.86. The number of hydrogen-bond donors (Lipinski definition) is 1. The number of nitrogens with zero attached hydrogens (tertiary/aromatic N) is 1. The number of ether oxygens (including phenoxy) is 1. The van der Waals surface area contributed by atoms with E-state index >= 15 is 0 Å². The van der Waals surface area contributed by atoms with Crippen LogP contribution in [0, 0.1) is 0 Å². The number of aliphatic hydroxyl groups excluding tert-OH is 1. The summed E-state index contributed by atoms with van der Waals surface area (Å²) in [4.78, 5) is 13.5. The van der Waals surface area contributed by atoms with Gasteiger partial charge in [0.2, 0.25) is 0 Å². The molecule has 1 amide bonds. The number of benzene rings is 1. The van der Waals surface area contributed by atoms with E-state index in [2.05, 4.69) is 0 Å². The van der Waals surface area contributed by atoms with Crippen molar-refractivity contribution in [3.63, 3.8) is 0 Å². The lowest BCUT2D eigenvalue weighted by atomic mass is 10.1. The summed E-state index contributed by atoms with van der Waals surface area (Å²) >= 11 is 0. The highest BCUT2D eigenvalue weighted by atomic mass is 19.4. The number of alkyl halides is 3. The molecule has 4 nitrogen and oxygen atoms in total. The van der Waals surface area contributed by atoms with Crippen LogP contribution in [0.25, 0.3) is 0 Å². The van der Waals surface area contributed by atoms with Gasteiger partial charge in [0.05, 0.1) is 23.9 Å². The molecule has 0 saturated carbocycles. The van der Waals surface area contributed by atoms with Gasteiger partial charge in [-0.2, -0.15) is 13.2 Å². The topological polar surface area (TPSA) is 49.8 Å². The second-order valence-electron chi connectivity index (χ2n) is 6.23. The predicted octanol–water partition coefficient (Wildman–Crippen LogP) is 3.36. The lowest BCUT2D eigenvalue weighted by Crippen LogP contribution is -2.43. The number of amides is 1. The molecule has 1 aliphatic heterocycles. The molecule has 2 rings (SSSR count). The first-order chi connectivity index (χ1) is 10.0. The minimum atomic E-state index is -4.44. The van der Waals surface area contributed by atoms with Crippen molar-refractivity contribution in [1.82, 2.24) is 0 Å². The number of anilines is 1. The first kappa shape index (κ1) is 16.6. The van der Waals surface area contributed by atoms with Crippen molar-refractivity contribution in [1.29, 1.82) is 0 Å². The molecule has 0 aliphatic carbocycles. The van der Waals surface area contributed by atoms with Crippen molar-refractivity contribution in [2.75, 3.05) is 11.5 Å². The number of carbonyl (C=O) groups excluding carboxylic acids is 1. The number of fused-ring (bicyclic) bond motifs is 1. The molecule has 22 heavy (non-hydrogen) atoms. The van der Waals surface area contributed by atoms with Crippen molar-refractivity contribution >= 4 is 11.8 Å². The molecular weight excluding hydrogens is 299 g/mol. The molecule has 0 unspecified atom stereocenters. The van der Waals surface area contributed by atoms with Gasteiger partial charge in [-0.15, -0.1) is 0 Å². The van der Waals surface area contributed by atoms with Gasteiger partial charge in [-0.3, -0.25) is 4.90 Å². The van der Waals surface area contributed by atoms with E-state index in [-0.39, 0.29) is 13.0 Å². The van der Waals surface area contributed by atoms with Crippen LogP contribution >= 0.6 is 0 Å². The summed E-state index contributed by atoms with van der Waals surface area (Å²) in [5.74, 6) is 0. The lowest BCUT2D eigenvalue weighted by Gasteiger charge is -2.28. The molecule has 1 aromatic carbocycles. The zero-order chi connectivity index (χ0) is 16.7. The van der Waals surface area contributed by atoms with Crippen LogP contribution in [0.3, 0.4) is 0 Å². The molecule has 1 aromatic rings. The van der Waals surface area contributed by atoms with Gasteiger partial charge in [0, 0.05) is 0 Å². The molecule has 0 fully saturated rings. The van der Waals surface area contributed by atoms with E-state index in [9.17, 15) is 23.1 Å². The van der Waals surface area contributed by atoms with Gasteiger partial charge in [-0.1, -0.05) is 0 Å². The molecule has 1 aliphatic rings. The van der Waals surface area contributed by atoms with Gasteiger partial charge in [0.25, 0.3) is 0 Å². The average Bonchev–Trinajstić information content (AvgIpc) is 2.72. The smallest absolute Gasteiger partial charge is 0.416 e. The molecule has 122 valence electrons. The number of halogens is 3. The van der Waals surface area contributed by atoms with Crippen LogP contribution < -0.4 is 4.90 Å². The molecule has 1 N–H and O–H groups in total. The van der Waals surface area contributed by atoms with E-state index in [1.807, 2.05) is 0 Å². The van der Waals surface area contributed by atoms with Crippen molar-refractivity contribution in [2.24, 2.45) is 0 Å². The van der Waals surface area contributed by atoms with E-state index in [1.165, 1.54) is 11.0 Å². The summed E-state index contributed by atoms with van der Waals surface area (Å²) in [6.07, 6.45) is -4.96. The molecule has 1 heterocycles. The second-order valence-corrected chi connectivity index (χ2v) is 6.23. The summed E-state index contributed by atoms with van der Waals surface area (Å²) in [6, 6.07) is 2.57. The van der Waals surface area contributed by atoms with Crippen LogP contribution in [0.5, 0.6) is 0 Å².